The van der Waals surface area contributed by atoms with Gasteiger partial charge in [0.15, 0.2) is 0 Å². The minimum atomic E-state index is -0.317. The summed E-state index contributed by atoms with van der Waals surface area (Å²) in [5.74, 6) is -0.317. The molecule has 0 saturated carbocycles. The first-order valence-electron chi connectivity index (χ1n) is 6.31. The molecule has 1 aromatic carbocycles. The van der Waals surface area contributed by atoms with Gasteiger partial charge in [0, 0.05) is 16.5 Å². The number of aromatic nitrogens is 1. The van der Waals surface area contributed by atoms with Crippen LogP contribution in [-0.2, 0) is 6.42 Å². The van der Waals surface area contributed by atoms with E-state index in [-0.39, 0.29) is 5.82 Å². The maximum absolute atomic E-state index is 13.1. The summed E-state index contributed by atoms with van der Waals surface area (Å²) in [5.41, 5.74) is 1.98. The monoisotopic (exact) mass is 296 g/mol. The highest BCUT2D eigenvalue weighted by atomic mass is 35.5. The Hall–Kier alpha value is -0.970. The van der Waals surface area contributed by atoms with Gasteiger partial charge in [0.25, 0.3) is 0 Å². The van der Waals surface area contributed by atoms with E-state index in [9.17, 15) is 4.39 Å². The maximum atomic E-state index is 13.1. The molecule has 0 bridgehead atoms. The number of hydrogen-bond donors (Lipinski definition) is 1. The molecule has 0 fully saturated rings. The summed E-state index contributed by atoms with van der Waals surface area (Å²) in [7, 11) is 1.98. The summed E-state index contributed by atoms with van der Waals surface area (Å²) in [6.45, 7) is 0. The Morgan fingerprint density at radius 3 is 3.05 bits per heavy atom. The molecule has 0 aliphatic heterocycles. The van der Waals surface area contributed by atoms with Crippen LogP contribution in [0.5, 0.6) is 0 Å². The number of thiazole rings is 1. The van der Waals surface area contributed by atoms with E-state index < -0.39 is 0 Å². The highest BCUT2D eigenvalue weighted by Gasteiger charge is 2.24. The minimum Gasteiger partial charge on any atom is -0.312 e. The molecule has 1 atom stereocenters. The fourth-order valence-corrected chi connectivity index (χ4v) is 4.08. The van der Waals surface area contributed by atoms with Gasteiger partial charge in [-0.25, -0.2) is 9.37 Å². The second-order valence-corrected chi connectivity index (χ2v) is 6.13. The van der Waals surface area contributed by atoms with Gasteiger partial charge in [0.2, 0.25) is 0 Å². The van der Waals surface area contributed by atoms with Gasteiger partial charge in [0.05, 0.1) is 10.7 Å². The van der Waals surface area contributed by atoms with Crippen LogP contribution in [-0.4, -0.2) is 12.0 Å². The predicted octanol–water partition coefficient (Wildman–Crippen LogP) is 4.20. The first-order valence-corrected chi connectivity index (χ1v) is 7.51. The second-order valence-electron chi connectivity index (χ2n) is 4.69. The van der Waals surface area contributed by atoms with E-state index in [4.69, 9.17) is 11.6 Å². The Balaban J connectivity index is 2.05. The molecule has 19 heavy (non-hydrogen) atoms. The van der Waals surface area contributed by atoms with Crippen LogP contribution in [0, 0.1) is 5.82 Å². The molecule has 5 heteroatoms. The van der Waals surface area contributed by atoms with E-state index in [0.717, 1.165) is 35.5 Å². The molecule has 0 amide bonds. The first-order chi connectivity index (χ1) is 9.19. The van der Waals surface area contributed by atoms with E-state index in [0.29, 0.717) is 11.1 Å². The number of nitrogens with one attached hydrogen (secondary N) is 1. The molecule has 2 aromatic rings. The first kappa shape index (κ1) is 13.0. The van der Waals surface area contributed by atoms with Gasteiger partial charge in [-0.1, -0.05) is 11.6 Å². The van der Waals surface area contributed by atoms with E-state index in [1.54, 1.807) is 17.4 Å². The normalized spacial score (nSPS) is 18.4. The van der Waals surface area contributed by atoms with Crippen LogP contribution in [0.4, 0.5) is 4.39 Å². The van der Waals surface area contributed by atoms with Gasteiger partial charge in [-0.15, -0.1) is 11.3 Å². The van der Waals surface area contributed by atoms with E-state index in [2.05, 4.69) is 10.3 Å². The lowest BCUT2D eigenvalue weighted by Gasteiger charge is -2.19. The molecular formula is C14H14ClFN2S. The van der Waals surface area contributed by atoms with Crippen molar-refractivity contribution in [2.45, 2.75) is 25.3 Å². The third-order valence-electron chi connectivity index (χ3n) is 3.46. The van der Waals surface area contributed by atoms with Gasteiger partial charge in [-0.2, -0.15) is 0 Å². The summed E-state index contributed by atoms with van der Waals surface area (Å²) in [6.07, 6.45) is 3.31. The molecule has 0 radical (unpaired) electrons. The summed E-state index contributed by atoms with van der Waals surface area (Å²) >= 11 is 7.77. The van der Waals surface area contributed by atoms with Crippen molar-refractivity contribution < 1.29 is 4.39 Å². The SMILES string of the molecule is CNC1CCCc2nc(-c3ccc(F)cc3Cl)sc21. The summed E-state index contributed by atoms with van der Waals surface area (Å²) < 4.78 is 13.1. The Morgan fingerprint density at radius 1 is 1.47 bits per heavy atom. The number of benzene rings is 1. The van der Waals surface area contributed by atoms with Crippen molar-refractivity contribution in [1.29, 1.82) is 0 Å². The van der Waals surface area contributed by atoms with Crippen LogP contribution in [0.25, 0.3) is 10.6 Å². The van der Waals surface area contributed by atoms with Gasteiger partial charge in [-0.3, -0.25) is 0 Å². The van der Waals surface area contributed by atoms with E-state index in [1.807, 2.05) is 7.05 Å². The number of fused-ring (bicyclic) bond motifs is 1. The van der Waals surface area contributed by atoms with Crippen LogP contribution in [0.15, 0.2) is 18.2 Å². The largest absolute Gasteiger partial charge is 0.312 e. The van der Waals surface area contributed by atoms with Gasteiger partial charge < -0.3 is 5.32 Å². The molecule has 1 heterocycles. The fraction of sp³-hybridized carbons (Fsp3) is 0.357. The quantitative estimate of drug-likeness (QED) is 0.898. The van der Waals surface area contributed by atoms with Crippen molar-refractivity contribution in [3.05, 3.63) is 39.6 Å². The highest BCUT2D eigenvalue weighted by Crippen LogP contribution is 2.39. The Morgan fingerprint density at radius 2 is 2.32 bits per heavy atom. The van der Waals surface area contributed by atoms with Crippen LogP contribution in [0.1, 0.15) is 29.5 Å². The van der Waals surface area contributed by atoms with Crippen LogP contribution in [0.3, 0.4) is 0 Å². The zero-order chi connectivity index (χ0) is 13.4. The van der Waals surface area contributed by atoms with Gasteiger partial charge in [-0.05, 0) is 44.5 Å². The van der Waals surface area contributed by atoms with Crippen LogP contribution < -0.4 is 5.32 Å². The number of rotatable bonds is 2. The molecule has 1 aliphatic rings. The maximum Gasteiger partial charge on any atom is 0.125 e. The molecular weight excluding hydrogens is 283 g/mol. The molecule has 1 aromatic heterocycles. The zero-order valence-corrected chi connectivity index (χ0v) is 12.1. The van der Waals surface area contributed by atoms with Crippen molar-refractivity contribution in [3.8, 4) is 10.6 Å². The average molecular weight is 297 g/mol. The lowest BCUT2D eigenvalue weighted by Crippen LogP contribution is -2.19. The second kappa shape index (κ2) is 5.19. The van der Waals surface area contributed by atoms with E-state index >= 15 is 0 Å². The molecule has 2 nitrogen and oxygen atoms in total. The van der Waals surface area contributed by atoms with Crippen molar-refractivity contribution in [3.63, 3.8) is 0 Å². The smallest absolute Gasteiger partial charge is 0.125 e. The van der Waals surface area contributed by atoms with Gasteiger partial charge >= 0.3 is 0 Å². The van der Waals surface area contributed by atoms with Crippen LogP contribution >= 0.6 is 22.9 Å². The molecule has 1 aliphatic carbocycles. The topological polar surface area (TPSA) is 24.9 Å². The summed E-state index contributed by atoms with van der Waals surface area (Å²) in [4.78, 5) is 5.98. The number of aryl methyl sites for hydroxylation is 1. The van der Waals surface area contributed by atoms with Crippen molar-refractivity contribution >= 4 is 22.9 Å². The van der Waals surface area contributed by atoms with Crippen LogP contribution in [0.2, 0.25) is 5.02 Å². The summed E-state index contributed by atoms with van der Waals surface area (Å²) in [6, 6.07) is 4.86. The highest BCUT2D eigenvalue weighted by molar-refractivity contribution is 7.15. The Labute approximate surface area is 120 Å². The van der Waals surface area contributed by atoms with E-state index in [1.165, 1.54) is 17.0 Å². The Kier molecular flexibility index (Phi) is 3.56. The molecule has 3 rings (SSSR count). The third-order valence-corrected chi connectivity index (χ3v) is 5.02. The lowest BCUT2D eigenvalue weighted by atomic mass is 9.98. The standard InChI is InChI=1S/C14H14ClFN2S/c1-17-11-3-2-4-12-13(11)19-14(18-12)9-6-5-8(16)7-10(9)15/h5-7,11,17H,2-4H2,1H3. The minimum absolute atomic E-state index is 0.317. The molecule has 0 spiro atoms. The third kappa shape index (κ3) is 2.40. The zero-order valence-electron chi connectivity index (χ0n) is 10.5. The number of halogens is 2. The van der Waals surface area contributed by atoms with Crippen molar-refractivity contribution in [1.82, 2.24) is 10.3 Å². The molecule has 0 saturated heterocycles. The lowest BCUT2D eigenvalue weighted by molar-refractivity contribution is 0.501. The number of hydrogen-bond acceptors (Lipinski definition) is 3. The van der Waals surface area contributed by atoms with Gasteiger partial charge in [0.1, 0.15) is 10.8 Å². The fourth-order valence-electron chi connectivity index (χ4n) is 2.47. The predicted molar refractivity (Wildman–Crippen MR) is 77.3 cm³/mol. The summed E-state index contributed by atoms with van der Waals surface area (Å²) in [5, 5.41) is 4.64. The molecule has 100 valence electrons. The number of nitrogens with zero attached hydrogens (tertiary/aromatic N) is 1. The Bertz CT molecular complexity index is 611. The van der Waals surface area contributed by atoms with Crippen molar-refractivity contribution in [2.75, 3.05) is 7.05 Å². The van der Waals surface area contributed by atoms with Crippen molar-refractivity contribution in [2.24, 2.45) is 0 Å². The average Bonchev–Trinajstić information content (AvgIpc) is 2.81. The molecule has 1 N–H and O–H groups in total. The molecule has 1 unspecified atom stereocenters.